The van der Waals surface area contributed by atoms with Crippen molar-refractivity contribution in [3.05, 3.63) is 48.9 Å². The molecule has 0 amide bonds. The number of rotatable bonds is 1. The molecule has 0 aliphatic heterocycles. The number of nitrogens with one attached hydrogen (secondary N) is 1. The average Bonchev–Trinajstić information content (AvgIpc) is 2.82. The Hall–Kier alpha value is -2.16. The molecule has 0 aliphatic carbocycles. The molecule has 0 saturated heterocycles. The number of aromatic nitrogens is 3. The Bertz CT molecular complexity index is 585. The van der Waals surface area contributed by atoms with Crippen molar-refractivity contribution in [3.63, 3.8) is 0 Å². The summed E-state index contributed by atoms with van der Waals surface area (Å²) < 4.78 is 0. The van der Waals surface area contributed by atoms with Gasteiger partial charge >= 0.3 is 0 Å². The van der Waals surface area contributed by atoms with Gasteiger partial charge in [-0.3, -0.25) is 4.98 Å². The van der Waals surface area contributed by atoms with Crippen molar-refractivity contribution in [1.82, 2.24) is 15.0 Å². The second-order valence-electron chi connectivity index (χ2n) is 3.34. The van der Waals surface area contributed by atoms with Gasteiger partial charge in [-0.15, -0.1) is 0 Å². The molecule has 3 aromatic rings. The lowest BCUT2D eigenvalue weighted by atomic mass is 10.2. The lowest BCUT2D eigenvalue weighted by Gasteiger charge is -1.99. The van der Waals surface area contributed by atoms with Gasteiger partial charge in [-0.25, -0.2) is 4.98 Å². The third-order valence-corrected chi connectivity index (χ3v) is 2.34. The molecule has 72 valence electrons. The van der Waals surface area contributed by atoms with Gasteiger partial charge in [-0.1, -0.05) is 12.1 Å². The predicted molar refractivity (Wildman–Crippen MR) is 59.3 cm³/mol. The molecule has 0 atom stereocenters. The van der Waals surface area contributed by atoms with E-state index in [0.717, 1.165) is 22.3 Å². The molecule has 0 aliphatic rings. The highest BCUT2D eigenvalue weighted by molar-refractivity contribution is 5.76. The zero-order chi connectivity index (χ0) is 10.1. The summed E-state index contributed by atoms with van der Waals surface area (Å²) in [6, 6.07) is 9.85. The number of hydrogen-bond acceptors (Lipinski definition) is 2. The van der Waals surface area contributed by atoms with Gasteiger partial charge in [-0.2, -0.15) is 0 Å². The van der Waals surface area contributed by atoms with Gasteiger partial charge in [-0.05, 0) is 18.2 Å². The van der Waals surface area contributed by atoms with Crippen LogP contribution in [0.3, 0.4) is 0 Å². The quantitative estimate of drug-likeness (QED) is 0.648. The average molecular weight is 195 g/mol. The van der Waals surface area contributed by atoms with Crippen molar-refractivity contribution in [2.24, 2.45) is 0 Å². The van der Waals surface area contributed by atoms with E-state index in [1.54, 1.807) is 6.20 Å². The van der Waals surface area contributed by atoms with E-state index in [1.165, 1.54) is 0 Å². The number of aromatic amines is 1. The van der Waals surface area contributed by atoms with E-state index in [1.807, 2.05) is 42.7 Å². The molecule has 0 unspecified atom stereocenters. The van der Waals surface area contributed by atoms with Gasteiger partial charge in [0.2, 0.25) is 0 Å². The van der Waals surface area contributed by atoms with Crippen LogP contribution in [0.25, 0.3) is 22.3 Å². The van der Waals surface area contributed by atoms with Gasteiger partial charge in [0.25, 0.3) is 0 Å². The highest BCUT2D eigenvalue weighted by atomic mass is 14.8. The Morgan fingerprint density at radius 1 is 1.00 bits per heavy atom. The molecular formula is C12H9N3. The largest absolute Gasteiger partial charge is 0.367 e. The summed E-state index contributed by atoms with van der Waals surface area (Å²) >= 11 is 0. The lowest BCUT2D eigenvalue weighted by Crippen LogP contribution is -1.86. The molecule has 3 heteroatoms. The number of nitrogens with zero attached hydrogens (tertiary/aromatic N) is 2. The number of para-hydroxylation sites is 2. The second-order valence-corrected chi connectivity index (χ2v) is 3.34. The van der Waals surface area contributed by atoms with Gasteiger partial charge < -0.3 is 4.98 Å². The molecule has 2 aromatic heterocycles. The van der Waals surface area contributed by atoms with Crippen LogP contribution < -0.4 is 0 Å². The van der Waals surface area contributed by atoms with Crippen LogP contribution in [-0.4, -0.2) is 15.0 Å². The van der Waals surface area contributed by atoms with Crippen LogP contribution in [0.1, 0.15) is 0 Å². The first-order valence-electron chi connectivity index (χ1n) is 4.78. The Balaban J connectivity index is 2.22. The molecule has 0 bridgehead atoms. The highest BCUT2D eigenvalue weighted by Crippen LogP contribution is 2.17. The van der Waals surface area contributed by atoms with Crippen molar-refractivity contribution >= 4 is 11.0 Å². The molecule has 2 heterocycles. The zero-order valence-corrected chi connectivity index (χ0v) is 8.01. The van der Waals surface area contributed by atoms with E-state index in [9.17, 15) is 0 Å². The molecule has 15 heavy (non-hydrogen) atoms. The summed E-state index contributed by atoms with van der Waals surface area (Å²) in [5.74, 6) is 0. The number of fused-ring (bicyclic) bond motifs is 1. The fourth-order valence-electron chi connectivity index (χ4n) is 1.58. The lowest BCUT2D eigenvalue weighted by molar-refractivity contribution is 1.29. The first kappa shape index (κ1) is 8.17. The predicted octanol–water partition coefficient (Wildman–Crippen LogP) is 2.62. The summed E-state index contributed by atoms with van der Waals surface area (Å²) in [5.41, 5.74) is 3.82. The van der Waals surface area contributed by atoms with Crippen LogP contribution in [0.4, 0.5) is 0 Å². The Kier molecular flexibility index (Phi) is 1.75. The normalized spacial score (nSPS) is 10.7. The maximum Gasteiger partial charge on any atom is 0.0908 e. The first-order valence-corrected chi connectivity index (χ1v) is 4.78. The fourth-order valence-corrected chi connectivity index (χ4v) is 1.58. The minimum Gasteiger partial charge on any atom is -0.367 e. The van der Waals surface area contributed by atoms with Crippen LogP contribution in [-0.2, 0) is 0 Å². The van der Waals surface area contributed by atoms with Gasteiger partial charge in [0.05, 0.1) is 22.9 Å². The smallest absolute Gasteiger partial charge is 0.0908 e. The minimum atomic E-state index is 0.898. The highest BCUT2D eigenvalue weighted by Gasteiger charge is 2.01. The maximum atomic E-state index is 4.54. The molecule has 0 saturated carbocycles. The van der Waals surface area contributed by atoms with E-state index in [0.29, 0.717) is 0 Å². The van der Waals surface area contributed by atoms with Crippen LogP contribution in [0.15, 0.2) is 48.9 Å². The summed E-state index contributed by atoms with van der Waals surface area (Å²) in [7, 11) is 0. The standard InChI is InChI=1S/C12H9N3/c1-2-4-11-10(3-1)14-8-12(15-11)9-5-6-13-7-9/h1-8,13H. The first-order chi connectivity index (χ1) is 7.43. The molecule has 1 aromatic carbocycles. The molecule has 3 nitrogen and oxygen atoms in total. The van der Waals surface area contributed by atoms with Crippen LogP contribution >= 0.6 is 0 Å². The van der Waals surface area contributed by atoms with E-state index in [2.05, 4.69) is 15.0 Å². The van der Waals surface area contributed by atoms with Gasteiger partial charge in [0.1, 0.15) is 0 Å². The molecule has 0 radical (unpaired) electrons. The fraction of sp³-hybridized carbons (Fsp3) is 0. The monoisotopic (exact) mass is 195 g/mol. The number of benzene rings is 1. The van der Waals surface area contributed by atoms with Crippen LogP contribution in [0.5, 0.6) is 0 Å². The SMILES string of the molecule is c1ccc2nc(-c3cc[nH]c3)cnc2c1. The van der Waals surface area contributed by atoms with Crippen LogP contribution in [0, 0.1) is 0 Å². The Morgan fingerprint density at radius 3 is 2.67 bits per heavy atom. The summed E-state index contributed by atoms with van der Waals surface area (Å²) in [5, 5.41) is 0. The van der Waals surface area contributed by atoms with Crippen molar-refractivity contribution in [2.45, 2.75) is 0 Å². The zero-order valence-electron chi connectivity index (χ0n) is 8.01. The summed E-state index contributed by atoms with van der Waals surface area (Å²) in [6.07, 6.45) is 5.59. The topological polar surface area (TPSA) is 41.6 Å². The third-order valence-electron chi connectivity index (χ3n) is 2.34. The van der Waals surface area contributed by atoms with Crippen molar-refractivity contribution < 1.29 is 0 Å². The minimum absolute atomic E-state index is 0.898. The number of H-pyrrole nitrogens is 1. The molecule has 0 spiro atoms. The van der Waals surface area contributed by atoms with Gasteiger partial charge in [0.15, 0.2) is 0 Å². The van der Waals surface area contributed by atoms with E-state index < -0.39 is 0 Å². The Labute approximate surface area is 86.8 Å². The van der Waals surface area contributed by atoms with E-state index >= 15 is 0 Å². The molecule has 3 rings (SSSR count). The van der Waals surface area contributed by atoms with Crippen molar-refractivity contribution in [3.8, 4) is 11.3 Å². The third kappa shape index (κ3) is 1.38. The van der Waals surface area contributed by atoms with E-state index in [-0.39, 0.29) is 0 Å². The molecule has 0 fully saturated rings. The molecule has 1 N–H and O–H groups in total. The second kappa shape index (κ2) is 3.20. The summed E-state index contributed by atoms with van der Waals surface area (Å²) in [4.78, 5) is 11.9. The Morgan fingerprint density at radius 2 is 1.87 bits per heavy atom. The van der Waals surface area contributed by atoms with Crippen molar-refractivity contribution in [1.29, 1.82) is 0 Å². The van der Waals surface area contributed by atoms with Crippen molar-refractivity contribution in [2.75, 3.05) is 0 Å². The summed E-state index contributed by atoms with van der Waals surface area (Å²) in [6.45, 7) is 0. The maximum absolute atomic E-state index is 4.54. The number of hydrogen-bond donors (Lipinski definition) is 1. The molecular weight excluding hydrogens is 186 g/mol. The van der Waals surface area contributed by atoms with Crippen LogP contribution in [0.2, 0.25) is 0 Å². The van der Waals surface area contributed by atoms with Gasteiger partial charge in [0, 0.05) is 18.0 Å². The van der Waals surface area contributed by atoms with E-state index in [4.69, 9.17) is 0 Å².